The van der Waals surface area contributed by atoms with Crippen molar-refractivity contribution in [2.24, 2.45) is 7.05 Å². The fourth-order valence-corrected chi connectivity index (χ4v) is 1.72. The zero-order valence-corrected chi connectivity index (χ0v) is 8.62. The summed E-state index contributed by atoms with van der Waals surface area (Å²) in [6.45, 7) is 1.27. The second kappa shape index (κ2) is 3.63. The van der Waals surface area contributed by atoms with Gasteiger partial charge >= 0.3 is 0 Å². The maximum absolute atomic E-state index is 11.8. The van der Waals surface area contributed by atoms with Crippen molar-refractivity contribution < 1.29 is 9.63 Å². The first-order valence-electron chi connectivity index (χ1n) is 4.45. The monoisotopic (exact) mass is 214 g/mol. The van der Waals surface area contributed by atoms with E-state index in [1.165, 1.54) is 5.06 Å². The van der Waals surface area contributed by atoms with E-state index in [-0.39, 0.29) is 5.91 Å². The molecule has 2 rings (SSSR count). The normalized spacial score (nSPS) is 16.3. The molecule has 0 aliphatic carbocycles. The molecule has 76 valence electrons. The Labute approximate surface area is 87.0 Å². The highest BCUT2D eigenvalue weighted by molar-refractivity contribution is 6.31. The summed E-state index contributed by atoms with van der Waals surface area (Å²) in [5.74, 6) is -0.128. The number of aryl methyl sites for hydroxylation is 1. The van der Waals surface area contributed by atoms with Crippen LogP contribution in [0.1, 0.15) is 16.9 Å². The first-order chi connectivity index (χ1) is 6.68. The molecule has 0 atom stereocenters. The summed E-state index contributed by atoms with van der Waals surface area (Å²) >= 11 is 5.78. The lowest BCUT2D eigenvalue weighted by Gasteiger charge is -2.13. The minimum Gasteiger partial charge on any atom is -0.345 e. The fraction of sp³-hybridized carbons (Fsp3) is 0.444. The molecule has 5 heteroatoms. The van der Waals surface area contributed by atoms with Crippen LogP contribution in [0.4, 0.5) is 0 Å². The van der Waals surface area contributed by atoms with E-state index in [1.54, 1.807) is 23.9 Å². The molecule has 1 aromatic rings. The molecule has 0 N–H and O–H groups in total. The lowest BCUT2D eigenvalue weighted by molar-refractivity contribution is -0.0773. The molecular weight excluding hydrogens is 204 g/mol. The summed E-state index contributed by atoms with van der Waals surface area (Å²) in [4.78, 5) is 17.0. The zero-order valence-electron chi connectivity index (χ0n) is 7.86. The summed E-state index contributed by atoms with van der Waals surface area (Å²) in [6, 6.07) is 1.64. The number of halogens is 1. The van der Waals surface area contributed by atoms with E-state index in [2.05, 4.69) is 0 Å². The van der Waals surface area contributed by atoms with Crippen molar-refractivity contribution in [2.45, 2.75) is 6.42 Å². The molecule has 2 heterocycles. The summed E-state index contributed by atoms with van der Waals surface area (Å²) in [7, 11) is 1.79. The first kappa shape index (κ1) is 9.55. The molecule has 1 aliphatic heterocycles. The highest BCUT2D eigenvalue weighted by Gasteiger charge is 2.23. The van der Waals surface area contributed by atoms with Crippen LogP contribution in [0.5, 0.6) is 0 Å². The van der Waals surface area contributed by atoms with Crippen LogP contribution in [-0.4, -0.2) is 28.7 Å². The summed E-state index contributed by atoms with van der Waals surface area (Å²) in [6.07, 6.45) is 2.59. The minimum absolute atomic E-state index is 0.128. The molecular formula is C9H11ClN2O2. The van der Waals surface area contributed by atoms with Gasteiger partial charge in [0.05, 0.1) is 18.2 Å². The van der Waals surface area contributed by atoms with Crippen molar-refractivity contribution in [3.05, 3.63) is 23.0 Å². The highest BCUT2D eigenvalue weighted by atomic mass is 35.5. The van der Waals surface area contributed by atoms with Gasteiger partial charge in [-0.2, -0.15) is 0 Å². The third-order valence-electron chi connectivity index (χ3n) is 2.17. The number of hydroxylamine groups is 2. The van der Waals surface area contributed by atoms with E-state index in [9.17, 15) is 4.79 Å². The Morgan fingerprint density at radius 1 is 1.64 bits per heavy atom. The van der Waals surface area contributed by atoms with E-state index in [0.717, 1.165) is 6.42 Å². The summed E-state index contributed by atoms with van der Waals surface area (Å²) < 4.78 is 1.70. The Morgan fingerprint density at radius 2 is 2.43 bits per heavy atom. The molecule has 0 unspecified atom stereocenters. The molecule has 1 saturated heterocycles. The molecule has 14 heavy (non-hydrogen) atoms. The standard InChI is InChI=1S/C9H11ClN2O2/c1-11-6-7(10)5-8(11)9(13)12-3-2-4-14-12/h5-6H,2-4H2,1H3. The van der Waals surface area contributed by atoms with Crippen LogP contribution >= 0.6 is 11.6 Å². The Hall–Kier alpha value is -1.00. The van der Waals surface area contributed by atoms with Gasteiger partial charge in [0.2, 0.25) is 0 Å². The quantitative estimate of drug-likeness (QED) is 0.709. The third kappa shape index (κ3) is 1.63. The third-order valence-corrected chi connectivity index (χ3v) is 2.38. The van der Waals surface area contributed by atoms with Gasteiger partial charge in [-0.05, 0) is 12.5 Å². The van der Waals surface area contributed by atoms with Crippen LogP contribution in [0, 0.1) is 0 Å². The van der Waals surface area contributed by atoms with Gasteiger partial charge in [0, 0.05) is 13.2 Å². The second-order valence-electron chi connectivity index (χ2n) is 3.25. The van der Waals surface area contributed by atoms with Crippen molar-refractivity contribution >= 4 is 17.5 Å². The van der Waals surface area contributed by atoms with E-state index in [4.69, 9.17) is 16.4 Å². The predicted octanol–water partition coefficient (Wildman–Crippen LogP) is 1.46. The van der Waals surface area contributed by atoms with Gasteiger partial charge < -0.3 is 4.57 Å². The van der Waals surface area contributed by atoms with Gasteiger partial charge in [-0.3, -0.25) is 9.63 Å². The number of rotatable bonds is 1. The molecule has 0 bridgehead atoms. The zero-order chi connectivity index (χ0) is 10.1. The topological polar surface area (TPSA) is 34.5 Å². The van der Waals surface area contributed by atoms with E-state index in [0.29, 0.717) is 23.9 Å². The molecule has 0 radical (unpaired) electrons. The molecule has 1 amide bonds. The van der Waals surface area contributed by atoms with Gasteiger partial charge in [-0.25, -0.2) is 5.06 Å². The largest absolute Gasteiger partial charge is 0.345 e. The first-order valence-corrected chi connectivity index (χ1v) is 4.83. The van der Waals surface area contributed by atoms with Crippen LogP contribution in [0.15, 0.2) is 12.3 Å². The average Bonchev–Trinajstić information content (AvgIpc) is 2.73. The van der Waals surface area contributed by atoms with Gasteiger partial charge in [0.25, 0.3) is 5.91 Å². The van der Waals surface area contributed by atoms with Crippen molar-refractivity contribution in [1.29, 1.82) is 0 Å². The number of nitrogens with zero attached hydrogens (tertiary/aromatic N) is 2. The van der Waals surface area contributed by atoms with E-state index >= 15 is 0 Å². The molecule has 0 saturated carbocycles. The van der Waals surface area contributed by atoms with Crippen LogP contribution in [0.25, 0.3) is 0 Å². The van der Waals surface area contributed by atoms with Crippen LogP contribution < -0.4 is 0 Å². The van der Waals surface area contributed by atoms with Crippen molar-refractivity contribution in [3.63, 3.8) is 0 Å². The molecule has 0 aromatic carbocycles. The van der Waals surface area contributed by atoms with Gasteiger partial charge in [-0.1, -0.05) is 11.6 Å². The van der Waals surface area contributed by atoms with E-state index < -0.39 is 0 Å². The smallest absolute Gasteiger partial charge is 0.294 e. The Bertz CT molecular complexity index is 356. The molecule has 1 aromatic heterocycles. The van der Waals surface area contributed by atoms with Gasteiger partial charge in [0.1, 0.15) is 5.69 Å². The molecule has 1 fully saturated rings. The highest BCUT2D eigenvalue weighted by Crippen LogP contribution is 2.16. The lowest BCUT2D eigenvalue weighted by atomic mass is 10.4. The van der Waals surface area contributed by atoms with Gasteiger partial charge in [-0.15, -0.1) is 0 Å². The maximum atomic E-state index is 11.8. The Morgan fingerprint density at radius 3 is 2.93 bits per heavy atom. The Balaban J connectivity index is 2.21. The SMILES string of the molecule is Cn1cc(Cl)cc1C(=O)N1CCCO1. The number of carbonyl (C=O) groups excluding carboxylic acids is 1. The number of amides is 1. The number of aromatic nitrogens is 1. The lowest BCUT2D eigenvalue weighted by Crippen LogP contribution is -2.28. The van der Waals surface area contributed by atoms with E-state index in [1.807, 2.05) is 0 Å². The predicted molar refractivity (Wildman–Crippen MR) is 52.0 cm³/mol. The fourth-order valence-electron chi connectivity index (χ4n) is 1.47. The number of hydrogen-bond donors (Lipinski definition) is 0. The molecule has 0 spiro atoms. The van der Waals surface area contributed by atoms with Crippen molar-refractivity contribution in [1.82, 2.24) is 9.63 Å². The molecule has 1 aliphatic rings. The second-order valence-corrected chi connectivity index (χ2v) is 3.68. The summed E-state index contributed by atoms with van der Waals surface area (Å²) in [5.41, 5.74) is 0.553. The minimum atomic E-state index is -0.128. The van der Waals surface area contributed by atoms with Crippen molar-refractivity contribution in [2.75, 3.05) is 13.2 Å². The summed E-state index contributed by atoms with van der Waals surface area (Å²) in [5, 5.41) is 1.95. The average molecular weight is 215 g/mol. The van der Waals surface area contributed by atoms with Crippen LogP contribution in [0.3, 0.4) is 0 Å². The van der Waals surface area contributed by atoms with Gasteiger partial charge in [0.15, 0.2) is 0 Å². The number of hydrogen-bond acceptors (Lipinski definition) is 2. The molecule has 4 nitrogen and oxygen atoms in total. The Kier molecular flexibility index (Phi) is 2.48. The van der Waals surface area contributed by atoms with Crippen LogP contribution in [0.2, 0.25) is 5.02 Å². The van der Waals surface area contributed by atoms with Crippen molar-refractivity contribution in [3.8, 4) is 0 Å². The number of carbonyl (C=O) groups is 1. The van der Waals surface area contributed by atoms with Crippen LogP contribution in [-0.2, 0) is 11.9 Å². The maximum Gasteiger partial charge on any atom is 0.294 e.